The summed E-state index contributed by atoms with van der Waals surface area (Å²) < 4.78 is 6.47. The third-order valence-electron chi connectivity index (χ3n) is 1.72. The minimum Gasteiger partial charge on any atom is -0.488 e. The topological polar surface area (TPSA) is 34.1 Å². The van der Waals surface area contributed by atoms with Crippen LogP contribution >= 0.6 is 15.9 Å². The molecular weight excluding hydrogens is 220 g/mol. The first kappa shape index (κ1) is 7.86. The summed E-state index contributed by atoms with van der Waals surface area (Å²) in [6, 6.07) is 1.88. The molecule has 1 aromatic rings. The lowest BCUT2D eigenvalue weighted by molar-refractivity contribution is 0.320. The maximum atomic E-state index is 5.51. The molecule has 1 aliphatic heterocycles. The van der Waals surface area contributed by atoms with Gasteiger partial charge in [0.15, 0.2) is 11.6 Å². The SMILES string of the molecule is Brc1ccnc2c1OCCCN2. The maximum absolute atomic E-state index is 5.51. The molecule has 1 aromatic heterocycles. The summed E-state index contributed by atoms with van der Waals surface area (Å²) in [5.74, 6) is 1.66. The van der Waals surface area contributed by atoms with Gasteiger partial charge in [-0.25, -0.2) is 4.98 Å². The quantitative estimate of drug-likeness (QED) is 0.739. The highest BCUT2D eigenvalue weighted by Crippen LogP contribution is 2.32. The van der Waals surface area contributed by atoms with Crippen LogP contribution < -0.4 is 10.1 Å². The van der Waals surface area contributed by atoms with Gasteiger partial charge in [0.25, 0.3) is 0 Å². The lowest BCUT2D eigenvalue weighted by Gasteiger charge is -2.07. The number of nitrogens with zero attached hydrogens (tertiary/aromatic N) is 1. The van der Waals surface area contributed by atoms with Gasteiger partial charge in [0.1, 0.15) is 0 Å². The molecule has 0 unspecified atom stereocenters. The molecule has 12 heavy (non-hydrogen) atoms. The zero-order valence-corrected chi connectivity index (χ0v) is 8.10. The lowest BCUT2D eigenvalue weighted by atomic mass is 10.4. The molecule has 2 heterocycles. The van der Waals surface area contributed by atoms with Crippen LogP contribution in [0.15, 0.2) is 16.7 Å². The van der Waals surface area contributed by atoms with Gasteiger partial charge in [-0.05, 0) is 28.4 Å². The van der Waals surface area contributed by atoms with Crippen LogP contribution in [0.3, 0.4) is 0 Å². The van der Waals surface area contributed by atoms with Crippen molar-refractivity contribution >= 4 is 21.7 Å². The Kier molecular flexibility index (Phi) is 2.17. The first-order valence-electron chi connectivity index (χ1n) is 3.89. The highest BCUT2D eigenvalue weighted by atomic mass is 79.9. The van der Waals surface area contributed by atoms with Crippen molar-refractivity contribution in [2.24, 2.45) is 0 Å². The number of hydrogen-bond donors (Lipinski definition) is 1. The standard InChI is InChI=1S/C8H9BrN2O/c9-6-2-4-11-8-7(6)12-5-1-3-10-8/h2,4H,1,3,5H2,(H,10,11). The normalized spacial score (nSPS) is 15.4. The third kappa shape index (κ3) is 1.39. The van der Waals surface area contributed by atoms with E-state index in [2.05, 4.69) is 26.2 Å². The average molecular weight is 229 g/mol. The van der Waals surface area contributed by atoms with Gasteiger partial charge in [-0.3, -0.25) is 0 Å². The summed E-state index contributed by atoms with van der Waals surface area (Å²) in [5, 5.41) is 3.20. The Labute approximate surface area is 79.3 Å². The van der Waals surface area contributed by atoms with E-state index in [0.29, 0.717) is 0 Å². The van der Waals surface area contributed by atoms with Crippen LogP contribution in [0.2, 0.25) is 0 Å². The van der Waals surface area contributed by atoms with Gasteiger partial charge in [-0.1, -0.05) is 0 Å². The van der Waals surface area contributed by atoms with Crippen LogP contribution in [0.5, 0.6) is 5.75 Å². The fraction of sp³-hybridized carbons (Fsp3) is 0.375. The molecule has 0 saturated heterocycles. The minimum atomic E-state index is 0.754. The molecule has 0 aromatic carbocycles. The summed E-state index contributed by atoms with van der Waals surface area (Å²) in [5.41, 5.74) is 0. The number of fused-ring (bicyclic) bond motifs is 1. The molecule has 0 saturated carbocycles. The van der Waals surface area contributed by atoms with Crippen molar-refractivity contribution < 1.29 is 4.74 Å². The number of hydrogen-bond acceptors (Lipinski definition) is 3. The summed E-state index contributed by atoms with van der Waals surface area (Å²) in [4.78, 5) is 4.17. The van der Waals surface area contributed by atoms with Gasteiger partial charge in [0.05, 0.1) is 11.1 Å². The van der Waals surface area contributed by atoms with Crippen LogP contribution in [-0.2, 0) is 0 Å². The van der Waals surface area contributed by atoms with E-state index in [4.69, 9.17) is 4.74 Å². The molecule has 0 spiro atoms. The fourth-order valence-electron chi connectivity index (χ4n) is 1.14. The summed E-state index contributed by atoms with van der Waals surface area (Å²) in [6.07, 6.45) is 2.77. The first-order chi connectivity index (χ1) is 5.88. The lowest BCUT2D eigenvalue weighted by Crippen LogP contribution is -2.00. The Morgan fingerprint density at radius 2 is 2.50 bits per heavy atom. The number of nitrogens with one attached hydrogen (secondary N) is 1. The number of pyridine rings is 1. The van der Waals surface area contributed by atoms with Crippen molar-refractivity contribution in [1.29, 1.82) is 0 Å². The van der Waals surface area contributed by atoms with Crippen molar-refractivity contribution in [3.8, 4) is 5.75 Å². The molecule has 0 fully saturated rings. The van der Waals surface area contributed by atoms with Crippen LogP contribution in [0.4, 0.5) is 5.82 Å². The Balaban J connectivity index is 2.42. The number of anilines is 1. The zero-order valence-electron chi connectivity index (χ0n) is 6.51. The van der Waals surface area contributed by atoms with Crippen LogP contribution in [0.25, 0.3) is 0 Å². The van der Waals surface area contributed by atoms with Gasteiger partial charge in [0, 0.05) is 12.7 Å². The number of ether oxygens (including phenoxy) is 1. The van der Waals surface area contributed by atoms with Gasteiger partial charge < -0.3 is 10.1 Å². The van der Waals surface area contributed by atoms with E-state index in [0.717, 1.165) is 35.6 Å². The molecule has 0 atom stereocenters. The molecule has 1 aliphatic rings. The van der Waals surface area contributed by atoms with Gasteiger partial charge in [0.2, 0.25) is 0 Å². The third-order valence-corrected chi connectivity index (χ3v) is 2.34. The highest BCUT2D eigenvalue weighted by Gasteiger charge is 2.11. The smallest absolute Gasteiger partial charge is 0.175 e. The molecular formula is C8H9BrN2O. The van der Waals surface area contributed by atoms with Gasteiger partial charge in [-0.15, -0.1) is 0 Å². The summed E-state index contributed by atoms with van der Waals surface area (Å²) in [7, 11) is 0. The molecule has 1 N–H and O–H groups in total. The van der Waals surface area contributed by atoms with Crippen LogP contribution in [0, 0.1) is 0 Å². The van der Waals surface area contributed by atoms with E-state index < -0.39 is 0 Å². The molecule has 2 rings (SSSR count). The molecule has 3 nitrogen and oxygen atoms in total. The number of rotatable bonds is 0. The van der Waals surface area contributed by atoms with Crippen molar-refractivity contribution in [1.82, 2.24) is 4.98 Å². The molecule has 0 aliphatic carbocycles. The van der Waals surface area contributed by atoms with Crippen LogP contribution in [-0.4, -0.2) is 18.1 Å². The van der Waals surface area contributed by atoms with Crippen LogP contribution in [0.1, 0.15) is 6.42 Å². The number of halogens is 1. The second kappa shape index (κ2) is 3.31. The highest BCUT2D eigenvalue weighted by molar-refractivity contribution is 9.10. The average Bonchev–Trinajstić information content (AvgIpc) is 2.30. The predicted octanol–water partition coefficient (Wildman–Crippen LogP) is 2.04. The zero-order chi connectivity index (χ0) is 8.39. The summed E-state index contributed by atoms with van der Waals surface area (Å²) >= 11 is 3.41. The molecule has 64 valence electrons. The Morgan fingerprint density at radius 3 is 3.42 bits per heavy atom. The van der Waals surface area contributed by atoms with Crippen molar-refractivity contribution in [3.05, 3.63) is 16.7 Å². The predicted molar refractivity (Wildman–Crippen MR) is 50.5 cm³/mol. The van der Waals surface area contributed by atoms with E-state index in [1.807, 2.05) is 6.07 Å². The second-order valence-corrected chi connectivity index (χ2v) is 3.45. The Bertz CT molecular complexity index is 290. The second-order valence-electron chi connectivity index (χ2n) is 2.60. The fourth-order valence-corrected chi connectivity index (χ4v) is 1.56. The largest absolute Gasteiger partial charge is 0.488 e. The van der Waals surface area contributed by atoms with E-state index >= 15 is 0 Å². The van der Waals surface area contributed by atoms with E-state index in [1.54, 1.807) is 6.20 Å². The molecule has 0 amide bonds. The Hall–Kier alpha value is -0.770. The molecule has 4 heteroatoms. The van der Waals surface area contributed by atoms with Gasteiger partial charge in [-0.2, -0.15) is 0 Å². The molecule has 0 radical (unpaired) electrons. The van der Waals surface area contributed by atoms with E-state index in [-0.39, 0.29) is 0 Å². The van der Waals surface area contributed by atoms with E-state index in [1.165, 1.54) is 0 Å². The van der Waals surface area contributed by atoms with Crippen molar-refractivity contribution in [2.75, 3.05) is 18.5 Å². The first-order valence-corrected chi connectivity index (χ1v) is 4.68. The monoisotopic (exact) mass is 228 g/mol. The Morgan fingerprint density at radius 1 is 1.58 bits per heavy atom. The maximum Gasteiger partial charge on any atom is 0.175 e. The van der Waals surface area contributed by atoms with E-state index in [9.17, 15) is 0 Å². The number of aromatic nitrogens is 1. The van der Waals surface area contributed by atoms with Gasteiger partial charge >= 0.3 is 0 Å². The summed E-state index contributed by atoms with van der Waals surface area (Å²) in [6.45, 7) is 1.68. The minimum absolute atomic E-state index is 0.754. The van der Waals surface area contributed by atoms with Crippen molar-refractivity contribution in [2.45, 2.75) is 6.42 Å². The van der Waals surface area contributed by atoms with Crippen molar-refractivity contribution in [3.63, 3.8) is 0 Å². The molecule has 0 bridgehead atoms.